The average Bonchev–Trinajstić information content (AvgIpc) is 3.04. The molecule has 0 bridgehead atoms. The lowest BCUT2D eigenvalue weighted by Gasteiger charge is -2.17. The second kappa shape index (κ2) is 7.08. The highest BCUT2D eigenvalue weighted by atomic mass is 35.5. The Bertz CT molecular complexity index is 956. The summed E-state index contributed by atoms with van der Waals surface area (Å²) in [6, 6.07) is 7.18. The van der Waals surface area contributed by atoms with Crippen molar-refractivity contribution < 1.29 is 14.4 Å². The van der Waals surface area contributed by atoms with Crippen LogP contribution in [0.1, 0.15) is 31.2 Å². The summed E-state index contributed by atoms with van der Waals surface area (Å²) in [7, 11) is 0. The lowest BCUT2D eigenvalue weighted by Crippen LogP contribution is -2.26. The Hall–Kier alpha value is -2.80. The highest BCUT2D eigenvalue weighted by Gasteiger charge is 2.23. The van der Waals surface area contributed by atoms with Crippen molar-refractivity contribution in [2.24, 2.45) is 0 Å². The normalized spacial score (nSPS) is 14.0. The van der Waals surface area contributed by atoms with E-state index in [1.54, 1.807) is 18.3 Å². The molecule has 2 aromatic heterocycles. The first-order chi connectivity index (χ1) is 13.0. The molecule has 1 aromatic carbocycles. The number of hydrogen-bond donors (Lipinski definition) is 1. The van der Waals surface area contributed by atoms with E-state index >= 15 is 0 Å². The molecule has 1 aliphatic heterocycles. The van der Waals surface area contributed by atoms with Gasteiger partial charge in [-0.3, -0.25) is 4.98 Å². The Morgan fingerprint density at radius 2 is 2.11 bits per heavy atom. The Morgan fingerprint density at radius 3 is 2.81 bits per heavy atom. The number of benzene rings is 1. The smallest absolute Gasteiger partial charge is 0.266 e. The number of rotatable bonds is 3. The van der Waals surface area contributed by atoms with Gasteiger partial charge in [-0.2, -0.15) is 4.98 Å². The van der Waals surface area contributed by atoms with E-state index in [1.807, 2.05) is 30.9 Å². The van der Waals surface area contributed by atoms with Gasteiger partial charge in [0.2, 0.25) is 5.89 Å². The van der Waals surface area contributed by atoms with E-state index in [1.165, 1.54) is 0 Å². The number of fused-ring (bicyclic) bond motifs is 1. The highest BCUT2D eigenvalue weighted by molar-refractivity contribution is 6.30. The first kappa shape index (κ1) is 17.6. The molecule has 7 nitrogen and oxygen atoms in total. The van der Waals surface area contributed by atoms with Gasteiger partial charge in [-0.1, -0.05) is 25.4 Å². The van der Waals surface area contributed by atoms with Gasteiger partial charge in [-0.25, -0.2) is 0 Å². The minimum atomic E-state index is 0.0806. The number of anilines is 1. The van der Waals surface area contributed by atoms with Gasteiger partial charge in [-0.15, -0.1) is 0 Å². The Balaban J connectivity index is 1.69. The lowest BCUT2D eigenvalue weighted by molar-refractivity contribution is 0.311. The van der Waals surface area contributed by atoms with Gasteiger partial charge in [-0.05, 0) is 29.4 Å². The second-order valence-corrected chi connectivity index (χ2v) is 7.14. The molecular formula is C19H19ClN4O3. The van der Waals surface area contributed by atoms with Crippen molar-refractivity contribution in [2.75, 3.05) is 18.1 Å². The van der Waals surface area contributed by atoms with E-state index in [4.69, 9.17) is 20.9 Å². The second-order valence-electron chi connectivity index (χ2n) is 6.70. The molecule has 0 unspecified atom stereocenters. The van der Waals surface area contributed by atoms with E-state index < -0.39 is 0 Å². The summed E-state index contributed by atoms with van der Waals surface area (Å²) in [5, 5.41) is 15.1. The van der Waals surface area contributed by atoms with E-state index in [0.717, 1.165) is 16.8 Å². The number of aromatic hydroxyl groups is 1. The lowest BCUT2D eigenvalue weighted by atomic mass is 10.0. The monoisotopic (exact) mass is 386 g/mol. The molecule has 0 spiro atoms. The molecule has 0 amide bonds. The summed E-state index contributed by atoms with van der Waals surface area (Å²) >= 11 is 5.92. The number of halogens is 1. The molecule has 0 saturated heterocycles. The van der Waals surface area contributed by atoms with E-state index in [0.29, 0.717) is 42.3 Å². The molecule has 27 heavy (non-hydrogen) atoms. The zero-order valence-corrected chi connectivity index (χ0v) is 15.8. The predicted molar refractivity (Wildman–Crippen MR) is 101 cm³/mol. The van der Waals surface area contributed by atoms with Crippen LogP contribution in [0, 0.1) is 0 Å². The maximum Gasteiger partial charge on any atom is 0.266 e. The molecular weight excluding hydrogens is 368 g/mol. The molecule has 0 radical (unpaired) electrons. The van der Waals surface area contributed by atoms with Crippen LogP contribution < -0.4 is 9.64 Å². The van der Waals surface area contributed by atoms with Crippen LogP contribution in [0.25, 0.3) is 11.3 Å². The van der Waals surface area contributed by atoms with Crippen molar-refractivity contribution >= 4 is 17.5 Å². The summed E-state index contributed by atoms with van der Waals surface area (Å²) < 4.78 is 11.1. The number of nitrogens with zero attached hydrogens (tertiary/aromatic N) is 4. The molecule has 0 aliphatic carbocycles. The summed E-state index contributed by atoms with van der Waals surface area (Å²) in [5.74, 6) is 1.83. The van der Waals surface area contributed by atoms with Crippen molar-refractivity contribution in [1.82, 2.24) is 15.1 Å². The third kappa shape index (κ3) is 3.55. The number of aromatic nitrogens is 3. The SMILES string of the molecule is CC(C)c1nc(N2CCOc3c(O)cc(-c4ccc(Cl)cn4)cc3C2)no1. The topological polar surface area (TPSA) is 84.5 Å². The zero-order valence-electron chi connectivity index (χ0n) is 15.0. The number of phenols is 1. The van der Waals surface area contributed by atoms with E-state index in [-0.39, 0.29) is 11.7 Å². The van der Waals surface area contributed by atoms with Gasteiger partial charge in [0.1, 0.15) is 6.61 Å². The minimum absolute atomic E-state index is 0.0806. The molecule has 0 atom stereocenters. The number of ether oxygens (including phenoxy) is 1. The van der Waals surface area contributed by atoms with Crippen LogP contribution in [0.2, 0.25) is 5.02 Å². The van der Waals surface area contributed by atoms with Crippen LogP contribution in [0.15, 0.2) is 35.0 Å². The molecule has 3 heterocycles. The summed E-state index contributed by atoms with van der Waals surface area (Å²) in [6.45, 7) is 5.48. The van der Waals surface area contributed by atoms with Crippen molar-refractivity contribution in [3.05, 3.63) is 46.9 Å². The predicted octanol–water partition coefficient (Wildman–Crippen LogP) is 4.01. The van der Waals surface area contributed by atoms with Crippen molar-refractivity contribution in [2.45, 2.75) is 26.3 Å². The van der Waals surface area contributed by atoms with Crippen molar-refractivity contribution in [3.63, 3.8) is 0 Å². The maximum atomic E-state index is 10.5. The average molecular weight is 387 g/mol. The fraction of sp³-hybridized carbons (Fsp3) is 0.316. The third-order valence-electron chi connectivity index (χ3n) is 4.35. The van der Waals surface area contributed by atoms with Crippen LogP contribution in [0.5, 0.6) is 11.5 Å². The van der Waals surface area contributed by atoms with E-state index in [9.17, 15) is 5.11 Å². The fourth-order valence-electron chi connectivity index (χ4n) is 2.95. The van der Waals surface area contributed by atoms with Crippen molar-refractivity contribution in [3.8, 4) is 22.8 Å². The summed E-state index contributed by atoms with van der Waals surface area (Å²) in [4.78, 5) is 10.8. The molecule has 8 heteroatoms. The van der Waals surface area contributed by atoms with Gasteiger partial charge in [0.15, 0.2) is 11.5 Å². The molecule has 1 N–H and O–H groups in total. The van der Waals surface area contributed by atoms with Crippen molar-refractivity contribution in [1.29, 1.82) is 0 Å². The van der Waals surface area contributed by atoms with Crippen LogP contribution in [0.4, 0.5) is 5.95 Å². The highest BCUT2D eigenvalue weighted by Crippen LogP contribution is 2.37. The fourth-order valence-corrected chi connectivity index (χ4v) is 3.07. The number of hydrogen-bond acceptors (Lipinski definition) is 7. The maximum absolute atomic E-state index is 10.5. The zero-order chi connectivity index (χ0) is 19.0. The first-order valence-corrected chi connectivity index (χ1v) is 9.08. The van der Waals surface area contributed by atoms with Gasteiger partial charge in [0.05, 0.1) is 17.3 Å². The molecule has 0 saturated carbocycles. The van der Waals surface area contributed by atoms with Gasteiger partial charge in [0.25, 0.3) is 5.95 Å². The van der Waals surface area contributed by atoms with E-state index in [2.05, 4.69) is 15.1 Å². The Kier molecular flexibility index (Phi) is 4.61. The van der Waals surface area contributed by atoms with Crippen LogP contribution in [0.3, 0.4) is 0 Å². The number of pyridine rings is 1. The quantitative estimate of drug-likeness (QED) is 0.727. The standard InChI is InChI=1S/C19H19ClN4O3/c1-11(2)18-22-19(23-27-18)24-5-6-26-17-13(10-24)7-12(8-16(17)25)15-4-3-14(20)9-21-15/h3-4,7-9,11,25H,5-6,10H2,1-2H3. The molecule has 4 rings (SSSR count). The molecule has 3 aromatic rings. The van der Waals surface area contributed by atoms with Gasteiger partial charge in [0, 0.05) is 29.8 Å². The van der Waals surface area contributed by atoms with Crippen LogP contribution in [-0.4, -0.2) is 33.4 Å². The Morgan fingerprint density at radius 1 is 1.26 bits per heavy atom. The first-order valence-electron chi connectivity index (χ1n) is 8.70. The minimum Gasteiger partial charge on any atom is -0.504 e. The molecule has 140 valence electrons. The summed E-state index contributed by atoms with van der Waals surface area (Å²) in [6.07, 6.45) is 1.58. The van der Waals surface area contributed by atoms with Crippen LogP contribution >= 0.6 is 11.6 Å². The largest absolute Gasteiger partial charge is 0.504 e. The third-order valence-corrected chi connectivity index (χ3v) is 4.57. The van der Waals surface area contributed by atoms with Crippen LogP contribution in [-0.2, 0) is 6.54 Å². The number of phenolic OH excluding ortho intramolecular Hbond substituents is 1. The summed E-state index contributed by atoms with van der Waals surface area (Å²) in [5.41, 5.74) is 2.33. The van der Waals surface area contributed by atoms with Gasteiger partial charge < -0.3 is 19.3 Å². The molecule has 1 aliphatic rings. The Labute approximate surface area is 161 Å². The van der Waals surface area contributed by atoms with Gasteiger partial charge >= 0.3 is 0 Å². The molecule has 0 fully saturated rings.